The van der Waals surface area contributed by atoms with Crippen LogP contribution >= 0.6 is 0 Å². The first-order chi connectivity index (χ1) is 6.69. The van der Waals surface area contributed by atoms with E-state index in [0.717, 1.165) is 5.69 Å². The predicted molar refractivity (Wildman–Crippen MR) is 51.5 cm³/mol. The second kappa shape index (κ2) is 4.60. The topological polar surface area (TPSA) is 59.4 Å². The molecule has 0 aromatic carbocycles. The van der Waals surface area contributed by atoms with E-state index < -0.39 is 5.97 Å². The Balaban J connectivity index is 3.12. The van der Waals surface area contributed by atoms with Crippen LogP contribution in [0.2, 0.25) is 0 Å². The number of aryl methyl sites for hydroxylation is 1. The van der Waals surface area contributed by atoms with E-state index in [-0.39, 0.29) is 6.42 Å². The summed E-state index contributed by atoms with van der Waals surface area (Å²) in [5.41, 5.74) is 1.46. The van der Waals surface area contributed by atoms with Crippen molar-refractivity contribution in [3.63, 3.8) is 0 Å². The maximum absolute atomic E-state index is 10.6. The second-order valence-corrected chi connectivity index (χ2v) is 2.86. The standard InChI is InChI=1S/C10H13NO3/c1-3-8-7(6-10(12)13)9(14-2)4-5-11-8/h4-5H,3,6H2,1-2H3,(H,12,13). The molecule has 1 N–H and O–H groups in total. The van der Waals surface area contributed by atoms with Crippen molar-refractivity contribution >= 4 is 5.97 Å². The predicted octanol–water partition coefficient (Wildman–Crippen LogP) is 1.28. The van der Waals surface area contributed by atoms with Crippen molar-refractivity contribution in [1.29, 1.82) is 0 Å². The Bertz CT molecular complexity index is 314. The van der Waals surface area contributed by atoms with E-state index in [2.05, 4.69) is 4.98 Å². The van der Waals surface area contributed by atoms with Crippen LogP contribution in [0.5, 0.6) is 5.75 Å². The number of nitrogens with zero attached hydrogens (tertiary/aromatic N) is 1. The molecule has 1 rings (SSSR count). The molecule has 0 radical (unpaired) electrons. The van der Waals surface area contributed by atoms with E-state index in [1.165, 1.54) is 7.11 Å². The number of pyridine rings is 1. The van der Waals surface area contributed by atoms with Gasteiger partial charge in [-0.05, 0) is 12.5 Å². The Morgan fingerprint density at radius 2 is 2.36 bits per heavy atom. The van der Waals surface area contributed by atoms with Crippen molar-refractivity contribution in [2.45, 2.75) is 19.8 Å². The van der Waals surface area contributed by atoms with Crippen LogP contribution in [0.15, 0.2) is 12.3 Å². The van der Waals surface area contributed by atoms with Gasteiger partial charge in [-0.3, -0.25) is 9.78 Å². The number of hydrogen-bond donors (Lipinski definition) is 1. The Hall–Kier alpha value is -1.58. The fourth-order valence-corrected chi connectivity index (χ4v) is 1.35. The first-order valence-corrected chi connectivity index (χ1v) is 4.41. The molecule has 76 valence electrons. The van der Waals surface area contributed by atoms with Crippen molar-refractivity contribution < 1.29 is 14.6 Å². The Labute approximate surface area is 82.5 Å². The van der Waals surface area contributed by atoms with Gasteiger partial charge in [-0.25, -0.2) is 0 Å². The highest BCUT2D eigenvalue weighted by Crippen LogP contribution is 2.21. The molecule has 1 aromatic heterocycles. The van der Waals surface area contributed by atoms with Gasteiger partial charge in [0.1, 0.15) is 5.75 Å². The first-order valence-electron chi connectivity index (χ1n) is 4.41. The molecule has 4 heteroatoms. The van der Waals surface area contributed by atoms with Gasteiger partial charge >= 0.3 is 5.97 Å². The van der Waals surface area contributed by atoms with Gasteiger partial charge in [0, 0.05) is 17.5 Å². The molecule has 0 saturated carbocycles. The quantitative estimate of drug-likeness (QED) is 0.786. The molecule has 0 aliphatic heterocycles. The van der Waals surface area contributed by atoms with Gasteiger partial charge in [-0.2, -0.15) is 0 Å². The molecule has 0 bridgehead atoms. The highest BCUT2D eigenvalue weighted by molar-refractivity contribution is 5.71. The van der Waals surface area contributed by atoms with Gasteiger partial charge in [0.25, 0.3) is 0 Å². The zero-order valence-corrected chi connectivity index (χ0v) is 8.28. The molecule has 0 saturated heterocycles. The number of aliphatic carboxylic acids is 1. The number of rotatable bonds is 4. The molecule has 0 amide bonds. The lowest BCUT2D eigenvalue weighted by Crippen LogP contribution is -2.07. The van der Waals surface area contributed by atoms with Crippen molar-refractivity contribution in [3.05, 3.63) is 23.5 Å². The summed E-state index contributed by atoms with van der Waals surface area (Å²) >= 11 is 0. The molecule has 0 fully saturated rings. The SMILES string of the molecule is CCc1nccc(OC)c1CC(=O)O. The number of carboxylic acid groups (broad SMARTS) is 1. The van der Waals surface area contributed by atoms with Crippen LogP contribution in [0.25, 0.3) is 0 Å². The average Bonchev–Trinajstić information content (AvgIpc) is 2.17. The van der Waals surface area contributed by atoms with Crippen LogP contribution in [0.1, 0.15) is 18.2 Å². The van der Waals surface area contributed by atoms with Crippen LogP contribution in [-0.4, -0.2) is 23.2 Å². The van der Waals surface area contributed by atoms with Crippen LogP contribution in [0.4, 0.5) is 0 Å². The normalized spacial score (nSPS) is 9.86. The smallest absolute Gasteiger partial charge is 0.308 e. The summed E-state index contributed by atoms with van der Waals surface area (Å²) in [6.45, 7) is 1.94. The highest BCUT2D eigenvalue weighted by Gasteiger charge is 2.12. The minimum atomic E-state index is -0.869. The number of carbonyl (C=O) groups is 1. The molecular formula is C10H13NO3. The van der Waals surface area contributed by atoms with E-state index in [0.29, 0.717) is 17.7 Å². The Morgan fingerprint density at radius 3 is 2.86 bits per heavy atom. The van der Waals surface area contributed by atoms with Gasteiger partial charge in [0.2, 0.25) is 0 Å². The number of aromatic nitrogens is 1. The zero-order chi connectivity index (χ0) is 10.6. The molecule has 4 nitrogen and oxygen atoms in total. The number of methoxy groups -OCH3 is 1. The maximum atomic E-state index is 10.6. The first kappa shape index (κ1) is 10.5. The van der Waals surface area contributed by atoms with Gasteiger partial charge in [-0.15, -0.1) is 0 Å². The summed E-state index contributed by atoms with van der Waals surface area (Å²) < 4.78 is 5.09. The summed E-state index contributed by atoms with van der Waals surface area (Å²) in [5, 5.41) is 8.72. The van der Waals surface area contributed by atoms with E-state index >= 15 is 0 Å². The van der Waals surface area contributed by atoms with Crippen molar-refractivity contribution in [2.75, 3.05) is 7.11 Å². The lowest BCUT2D eigenvalue weighted by Gasteiger charge is -2.09. The molecule has 0 aliphatic rings. The lowest BCUT2D eigenvalue weighted by atomic mass is 10.1. The van der Waals surface area contributed by atoms with Crippen molar-refractivity contribution in [1.82, 2.24) is 4.98 Å². The van der Waals surface area contributed by atoms with Gasteiger partial charge in [0.05, 0.1) is 13.5 Å². The van der Waals surface area contributed by atoms with Crippen LogP contribution < -0.4 is 4.74 Å². The van der Waals surface area contributed by atoms with E-state index in [1.54, 1.807) is 12.3 Å². The van der Waals surface area contributed by atoms with Crippen LogP contribution in [0.3, 0.4) is 0 Å². The zero-order valence-electron chi connectivity index (χ0n) is 8.28. The minimum absolute atomic E-state index is 0.0415. The van der Waals surface area contributed by atoms with Crippen molar-refractivity contribution in [3.8, 4) is 5.75 Å². The third kappa shape index (κ3) is 2.22. The maximum Gasteiger partial charge on any atom is 0.308 e. The highest BCUT2D eigenvalue weighted by atomic mass is 16.5. The van der Waals surface area contributed by atoms with Gasteiger partial charge in [-0.1, -0.05) is 6.92 Å². The summed E-state index contributed by atoms with van der Waals surface area (Å²) in [5.74, 6) is -0.273. The van der Waals surface area contributed by atoms with Gasteiger partial charge in [0.15, 0.2) is 0 Å². The van der Waals surface area contributed by atoms with Gasteiger partial charge < -0.3 is 9.84 Å². The molecule has 14 heavy (non-hydrogen) atoms. The molecule has 0 unspecified atom stereocenters. The second-order valence-electron chi connectivity index (χ2n) is 2.86. The Kier molecular flexibility index (Phi) is 3.45. The summed E-state index contributed by atoms with van der Waals surface area (Å²) in [7, 11) is 1.53. The average molecular weight is 195 g/mol. The lowest BCUT2D eigenvalue weighted by molar-refractivity contribution is -0.136. The van der Waals surface area contributed by atoms with Crippen LogP contribution in [-0.2, 0) is 17.6 Å². The molecule has 1 aromatic rings. The molecule has 1 heterocycles. The molecular weight excluding hydrogens is 182 g/mol. The minimum Gasteiger partial charge on any atom is -0.496 e. The molecule has 0 aliphatic carbocycles. The summed E-state index contributed by atoms with van der Waals surface area (Å²) in [4.78, 5) is 14.7. The van der Waals surface area contributed by atoms with E-state index in [9.17, 15) is 4.79 Å². The monoisotopic (exact) mass is 195 g/mol. The fourth-order valence-electron chi connectivity index (χ4n) is 1.35. The third-order valence-electron chi connectivity index (χ3n) is 1.98. The van der Waals surface area contributed by atoms with E-state index in [1.807, 2.05) is 6.92 Å². The summed E-state index contributed by atoms with van der Waals surface area (Å²) in [6, 6.07) is 1.68. The number of hydrogen-bond acceptors (Lipinski definition) is 3. The molecule has 0 atom stereocenters. The van der Waals surface area contributed by atoms with Crippen molar-refractivity contribution in [2.24, 2.45) is 0 Å². The van der Waals surface area contributed by atoms with E-state index in [4.69, 9.17) is 9.84 Å². The Morgan fingerprint density at radius 1 is 1.64 bits per heavy atom. The fraction of sp³-hybridized carbons (Fsp3) is 0.400. The summed E-state index contributed by atoms with van der Waals surface area (Å²) in [6.07, 6.45) is 2.29. The number of carboxylic acids is 1. The largest absolute Gasteiger partial charge is 0.496 e. The number of ether oxygens (including phenoxy) is 1. The molecule has 0 spiro atoms. The van der Waals surface area contributed by atoms with Crippen LogP contribution in [0, 0.1) is 0 Å². The third-order valence-corrected chi connectivity index (χ3v) is 1.98.